The first kappa shape index (κ1) is 14.7. The normalized spacial score (nSPS) is 20.1. The molecule has 2 aliphatic heterocycles. The van der Waals surface area contributed by atoms with Gasteiger partial charge in [-0.3, -0.25) is 4.90 Å². The number of rotatable bonds is 3. The second-order valence-corrected chi connectivity index (χ2v) is 5.27. The SMILES string of the molecule is CCOC(=O)[C@@H]1N(C)C(Cl)=C2C=CN=C2N1c1ccccc1. The van der Waals surface area contributed by atoms with E-state index in [1.165, 1.54) is 0 Å². The second kappa shape index (κ2) is 5.85. The summed E-state index contributed by atoms with van der Waals surface area (Å²) in [5.74, 6) is 0.299. The van der Waals surface area contributed by atoms with Crippen LogP contribution in [0.25, 0.3) is 0 Å². The van der Waals surface area contributed by atoms with Crippen molar-refractivity contribution < 1.29 is 9.53 Å². The van der Waals surface area contributed by atoms with Crippen LogP contribution in [0.4, 0.5) is 5.69 Å². The molecule has 0 aliphatic carbocycles. The Labute approximate surface area is 134 Å². The van der Waals surface area contributed by atoms with E-state index in [0.717, 1.165) is 11.3 Å². The van der Waals surface area contributed by atoms with Gasteiger partial charge in [0.15, 0.2) is 0 Å². The van der Waals surface area contributed by atoms with E-state index in [4.69, 9.17) is 16.3 Å². The number of aliphatic imine (C=N–C) groups is 1. The Morgan fingerprint density at radius 3 is 2.77 bits per heavy atom. The first-order valence-electron chi connectivity index (χ1n) is 7.03. The minimum absolute atomic E-state index is 0.310. The van der Waals surface area contributed by atoms with E-state index in [9.17, 15) is 4.79 Å². The topological polar surface area (TPSA) is 45.1 Å². The van der Waals surface area contributed by atoms with E-state index in [0.29, 0.717) is 17.6 Å². The molecule has 0 saturated carbocycles. The highest BCUT2D eigenvalue weighted by Crippen LogP contribution is 2.34. The highest BCUT2D eigenvalue weighted by Gasteiger charge is 2.41. The number of carbonyl (C=O) groups is 1. The van der Waals surface area contributed by atoms with Gasteiger partial charge in [-0.15, -0.1) is 0 Å². The van der Waals surface area contributed by atoms with Crippen molar-refractivity contribution >= 4 is 29.1 Å². The maximum atomic E-state index is 12.5. The zero-order chi connectivity index (χ0) is 15.7. The lowest BCUT2D eigenvalue weighted by Crippen LogP contribution is -2.57. The number of carbonyl (C=O) groups excluding carboxylic acids is 1. The molecule has 1 aromatic rings. The number of hydrogen-bond acceptors (Lipinski definition) is 5. The number of anilines is 1. The molecule has 0 saturated heterocycles. The zero-order valence-corrected chi connectivity index (χ0v) is 13.1. The summed E-state index contributed by atoms with van der Waals surface area (Å²) in [6.07, 6.45) is 2.84. The van der Waals surface area contributed by atoms with E-state index in [2.05, 4.69) is 4.99 Å². The van der Waals surface area contributed by atoms with Crippen LogP contribution in [0, 0.1) is 0 Å². The molecule has 3 rings (SSSR count). The van der Waals surface area contributed by atoms with Crippen molar-refractivity contribution in [2.24, 2.45) is 4.99 Å². The van der Waals surface area contributed by atoms with Crippen molar-refractivity contribution in [1.29, 1.82) is 0 Å². The summed E-state index contributed by atoms with van der Waals surface area (Å²) in [6.45, 7) is 2.09. The van der Waals surface area contributed by atoms with Gasteiger partial charge in [0, 0.05) is 18.9 Å². The van der Waals surface area contributed by atoms with E-state index in [1.54, 1.807) is 25.1 Å². The monoisotopic (exact) mass is 317 g/mol. The number of amidine groups is 1. The number of fused-ring (bicyclic) bond motifs is 1. The van der Waals surface area contributed by atoms with Gasteiger partial charge in [-0.25, -0.2) is 9.79 Å². The summed E-state index contributed by atoms with van der Waals surface area (Å²) in [6, 6.07) is 9.62. The molecule has 0 N–H and O–H groups in total. The van der Waals surface area contributed by atoms with Crippen molar-refractivity contribution in [3.8, 4) is 0 Å². The van der Waals surface area contributed by atoms with Crippen LogP contribution in [-0.4, -0.2) is 36.5 Å². The molecule has 0 spiro atoms. The molecule has 0 aromatic heterocycles. The molecule has 0 amide bonds. The largest absolute Gasteiger partial charge is 0.463 e. The van der Waals surface area contributed by atoms with Gasteiger partial charge in [0.05, 0.1) is 12.2 Å². The number of nitrogens with zero attached hydrogens (tertiary/aromatic N) is 3. The van der Waals surface area contributed by atoms with Crippen LogP contribution < -0.4 is 4.90 Å². The van der Waals surface area contributed by atoms with Gasteiger partial charge in [-0.2, -0.15) is 0 Å². The van der Waals surface area contributed by atoms with Crippen LogP contribution in [0.2, 0.25) is 0 Å². The van der Waals surface area contributed by atoms with E-state index >= 15 is 0 Å². The molecule has 22 heavy (non-hydrogen) atoms. The predicted octanol–water partition coefficient (Wildman–Crippen LogP) is 2.70. The van der Waals surface area contributed by atoms with Gasteiger partial charge in [-0.1, -0.05) is 29.8 Å². The van der Waals surface area contributed by atoms with Crippen molar-refractivity contribution in [2.75, 3.05) is 18.6 Å². The average Bonchev–Trinajstić information content (AvgIpc) is 3.01. The summed E-state index contributed by atoms with van der Waals surface area (Å²) in [5, 5.41) is 0.484. The van der Waals surface area contributed by atoms with E-state index < -0.39 is 6.17 Å². The molecule has 0 unspecified atom stereocenters. The summed E-state index contributed by atoms with van der Waals surface area (Å²) in [5.41, 5.74) is 1.66. The molecule has 6 heteroatoms. The predicted molar refractivity (Wildman–Crippen MR) is 86.6 cm³/mol. The molecule has 1 aromatic carbocycles. The fourth-order valence-corrected chi connectivity index (χ4v) is 2.84. The zero-order valence-electron chi connectivity index (χ0n) is 12.4. The fourth-order valence-electron chi connectivity index (χ4n) is 2.60. The molecule has 2 aliphatic rings. The number of esters is 1. The summed E-state index contributed by atoms with van der Waals surface area (Å²) in [7, 11) is 1.77. The number of para-hydroxylation sites is 1. The van der Waals surface area contributed by atoms with Crippen molar-refractivity contribution in [2.45, 2.75) is 13.1 Å². The van der Waals surface area contributed by atoms with Gasteiger partial charge >= 0.3 is 5.97 Å². The third-order valence-corrected chi connectivity index (χ3v) is 4.05. The molecule has 114 valence electrons. The van der Waals surface area contributed by atoms with Crippen LogP contribution in [-0.2, 0) is 9.53 Å². The van der Waals surface area contributed by atoms with Crippen LogP contribution in [0.3, 0.4) is 0 Å². The third-order valence-electron chi connectivity index (χ3n) is 3.58. The van der Waals surface area contributed by atoms with E-state index in [-0.39, 0.29) is 5.97 Å². The van der Waals surface area contributed by atoms with Crippen LogP contribution in [0.5, 0.6) is 0 Å². The van der Waals surface area contributed by atoms with Crippen LogP contribution in [0.1, 0.15) is 6.92 Å². The van der Waals surface area contributed by atoms with Crippen LogP contribution >= 0.6 is 11.6 Å². The molecule has 0 bridgehead atoms. The Kier molecular flexibility index (Phi) is 3.90. The first-order chi connectivity index (χ1) is 10.6. The van der Waals surface area contributed by atoms with Gasteiger partial charge in [-0.05, 0) is 25.1 Å². The van der Waals surface area contributed by atoms with Crippen molar-refractivity contribution in [3.63, 3.8) is 0 Å². The molecule has 0 fully saturated rings. The fraction of sp³-hybridized carbons (Fsp3) is 0.250. The number of benzene rings is 1. The highest BCUT2D eigenvalue weighted by atomic mass is 35.5. The lowest BCUT2D eigenvalue weighted by molar-refractivity contribution is -0.147. The number of halogens is 1. The summed E-state index contributed by atoms with van der Waals surface area (Å²) < 4.78 is 5.22. The lowest BCUT2D eigenvalue weighted by Gasteiger charge is -2.42. The van der Waals surface area contributed by atoms with Crippen LogP contribution in [0.15, 0.2) is 58.3 Å². The minimum atomic E-state index is -0.683. The second-order valence-electron chi connectivity index (χ2n) is 4.92. The molecule has 1 atom stereocenters. The van der Waals surface area contributed by atoms with Crippen molar-refractivity contribution in [1.82, 2.24) is 4.90 Å². The standard InChI is InChI=1S/C16H16ClN3O2/c1-3-22-16(21)15-19(2)13(17)12-9-10-18-14(12)20(15)11-7-5-4-6-8-11/h4-10,15H,3H2,1-2H3/t15-/m1/s1. The Bertz CT molecular complexity index is 682. The maximum Gasteiger partial charge on any atom is 0.350 e. The first-order valence-corrected chi connectivity index (χ1v) is 7.41. The Morgan fingerprint density at radius 2 is 2.09 bits per heavy atom. The quantitative estimate of drug-likeness (QED) is 0.635. The van der Waals surface area contributed by atoms with Crippen molar-refractivity contribution in [3.05, 3.63) is 53.3 Å². The van der Waals surface area contributed by atoms with E-state index in [1.807, 2.05) is 41.3 Å². The molecule has 5 nitrogen and oxygen atoms in total. The molecular weight excluding hydrogens is 302 g/mol. The number of likely N-dealkylation sites (N-methyl/N-ethyl adjacent to an activating group) is 1. The average molecular weight is 318 g/mol. The van der Waals surface area contributed by atoms with Gasteiger partial charge in [0.1, 0.15) is 11.0 Å². The summed E-state index contributed by atoms with van der Waals surface area (Å²) in [4.78, 5) is 20.4. The molecule has 0 radical (unpaired) electrons. The number of ether oxygens (including phenoxy) is 1. The number of hydrogen-bond donors (Lipinski definition) is 0. The Hall–Kier alpha value is -2.27. The molecule has 2 heterocycles. The maximum absolute atomic E-state index is 12.5. The van der Waals surface area contributed by atoms with Gasteiger partial charge in [0.2, 0.25) is 6.17 Å². The highest BCUT2D eigenvalue weighted by molar-refractivity contribution is 6.34. The van der Waals surface area contributed by atoms with Gasteiger partial charge in [0.25, 0.3) is 0 Å². The third kappa shape index (κ3) is 2.27. The Balaban J connectivity index is 2.12. The lowest BCUT2D eigenvalue weighted by atomic mass is 10.1. The summed E-state index contributed by atoms with van der Waals surface area (Å²) >= 11 is 6.40. The van der Waals surface area contributed by atoms with Gasteiger partial charge < -0.3 is 9.64 Å². The Morgan fingerprint density at radius 1 is 1.36 bits per heavy atom. The minimum Gasteiger partial charge on any atom is -0.463 e. The smallest absolute Gasteiger partial charge is 0.350 e. The molecular formula is C16H16ClN3O2.